The Labute approximate surface area is 151 Å². The van der Waals surface area contributed by atoms with Crippen molar-refractivity contribution in [1.82, 2.24) is 0 Å². The number of halogens is 1. The topological polar surface area (TPSA) is 0 Å². The van der Waals surface area contributed by atoms with E-state index in [4.69, 9.17) is 0 Å². The Balaban J connectivity index is 1.47. The highest BCUT2D eigenvalue weighted by Gasteiger charge is 2.12. The van der Waals surface area contributed by atoms with Crippen molar-refractivity contribution in [3.8, 4) is 0 Å². The van der Waals surface area contributed by atoms with E-state index in [0.717, 1.165) is 29.9 Å². The first-order chi connectivity index (χ1) is 12.1. The fourth-order valence-corrected chi connectivity index (χ4v) is 3.61. The summed E-state index contributed by atoms with van der Waals surface area (Å²) in [6, 6.07) is 14.6. The van der Waals surface area contributed by atoms with E-state index in [1.807, 2.05) is 19.1 Å². The van der Waals surface area contributed by atoms with Gasteiger partial charge in [0.05, 0.1) is 0 Å². The molecule has 132 valence electrons. The van der Waals surface area contributed by atoms with Crippen LogP contribution in [0.25, 0.3) is 0 Å². The second-order valence-corrected chi connectivity index (χ2v) is 7.63. The van der Waals surface area contributed by atoms with Gasteiger partial charge < -0.3 is 0 Å². The third-order valence-corrected chi connectivity index (χ3v) is 5.55. The summed E-state index contributed by atoms with van der Waals surface area (Å²) in [5.41, 5.74) is 6.14. The molecule has 0 aromatic heterocycles. The summed E-state index contributed by atoms with van der Waals surface area (Å²) >= 11 is 0. The molecule has 0 radical (unpaired) electrons. The van der Waals surface area contributed by atoms with Gasteiger partial charge in [-0.3, -0.25) is 0 Å². The maximum atomic E-state index is 13.6. The molecule has 25 heavy (non-hydrogen) atoms. The third-order valence-electron chi connectivity index (χ3n) is 5.55. The average molecular weight is 336 g/mol. The number of hydrogen-bond acceptors (Lipinski definition) is 0. The lowest BCUT2D eigenvalue weighted by molar-refractivity contribution is 0.437. The summed E-state index contributed by atoms with van der Waals surface area (Å²) in [6.45, 7) is 4.06. The van der Waals surface area contributed by atoms with Crippen molar-refractivity contribution in [2.45, 2.75) is 58.8 Å². The van der Waals surface area contributed by atoms with Gasteiger partial charge in [0.1, 0.15) is 5.82 Å². The van der Waals surface area contributed by atoms with Crippen molar-refractivity contribution in [3.05, 3.63) is 82.2 Å². The molecule has 0 bridgehead atoms. The van der Waals surface area contributed by atoms with Gasteiger partial charge in [-0.2, -0.15) is 0 Å². The molecule has 3 rings (SSSR count). The Hall–Kier alpha value is -1.89. The van der Waals surface area contributed by atoms with E-state index in [1.165, 1.54) is 43.2 Å². The van der Waals surface area contributed by atoms with E-state index < -0.39 is 0 Å². The lowest BCUT2D eigenvalue weighted by Gasteiger charge is -2.20. The molecule has 0 nitrogen and oxygen atoms in total. The van der Waals surface area contributed by atoms with Gasteiger partial charge in [-0.15, -0.1) is 0 Å². The van der Waals surface area contributed by atoms with Gasteiger partial charge in [0, 0.05) is 0 Å². The van der Waals surface area contributed by atoms with Crippen LogP contribution in [0.15, 0.2) is 54.1 Å². The summed E-state index contributed by atoms with van der Waals surface area (Å²) in [4.78, 5) is 0. The standard InChI is InChI=1S/C24H29F/c1-18-3-6-20(7-4-18)9-10-21-11-13-22(14-12-21)15-16-23-8-5-19(2)24(25)17-23/h3,5,8,11-14,17,20H,4,6-7,9-10,15-16H2,1-2H3. The molecule has 2 aromatic rings. The summed E-state index contributed by atoms with van der Waals surface area (Å²) in [5.74, 6) is 0.764. The smallest absolute Gasteiger partial charge is 0.126 e. The Morgan fingerprint density at radius 2 is 1.52 bits per heavy atom. The van der Waals surface area contributed by atoms with Crippen LogP contribution in [0, 0.1) is 18.7 Å². The van der Waals surface area contributed by atoms with Crippen molar-refractivity contribution in [1.29, 1.82) is 0 Å². The van der Waals surface area contributed by atoms with Gasteiger partial charge in [-0.05, 0) is 93.0 Å². The Bertz CT molecular complexity index is 724. The maximum Gasteiger partial charge on any atom is 0.126 e. The maximum absolute atomic E-state index is 13.6. The minimum absolute atomic E-state index is 0.0967. The number of rotatable bonds is 6. The average Bonchev–Trinajstić information content (AvgIpc) is 2.63. The first-order valence-electron chi connectivity index (χ1n) is 9.58. The first-order valence-corrected chi connectivity index (χ1v) is 9.58. The van der Waals surface area contributed by atoms with Crippen LogP contribution in [0.3, 0.4) is 0 Å². The van der Waals surface area contributed by atoms with Crippen LogP contribution in [0.5, 0.6) is 0 Å². The van der Waals surface area contributed by atoms with E-state index in [9.17, 15) is 4.39 Å². The van der Waals surface area contributed by atoms with Gasteiger partial charge in [0.15, 0.2) is 0 Å². The molecule has 0 aliphatic heterocycles. The van der Waals surface area contributed by atoms with Crippen molar-refractivity contribution in [2.75, 3.05) is 0 Å². The molecule has 1 atom stereocenters. The fraction of sp³-hybridized carbons (Fsp3) is 0.417. The van der Waals surface area contributed by atoms with Crippen LogP contribution in [0.2, 0.25) is 0 Å². The fourth-order valence-electron chi connectivity index (χ4n) is 3.61. The van der Waals surface area contributed by atoms with Crippen LogP contribution in [-0.4, -0.2) is 0 Å². The summed E-state index contributed by atoms with van der Waals surface area (Å²) in [6.07, 6.45) is 10.7. The Morgan fingerprint density at radius 3 is 2.16 bits per heavy atom. The second kappa shape index (κ2) is 8.47. The first kappa shape index (κ1) is 17.9. The third kappa shape index (κ3) is 5.29. The van der Waals surface area contributed by atoms with E-state index in [0.29, 0.717) is 0 Å². The predicted octanol–water partition coefficient (Wildman–Crippen LogP) is 6.60. The molecule has 0 spiro atoms. The van der Waals surface area contributed by atoms with Gasteiger partial charge in [0.2, 0.25) is 0 Å². The molecular formula is C24H29F. The largest absolute Gasteiger partial charge is 0.207 e. The lowest BCUT2D eigenvalue weighted by Crippen LogP contribution is -2.06. The molecule has 1 unspecified atom stereocenters. The van der Waals surface area contributed by atoms with Crippen LogP contribution < -0.4 is 0 Å². The van der Waals surface area contributed by atoms with E-state index in [-0.39, 0.29) is 5.82 Å². The molecule has 1 heteroatoms. The van der Waals surface area contributed by atoms with E-state index in [1.54, 1.807) is 11.6 Å². The van der Waals surface area contributed by atoms with E-state index >= 15 is 0 Å². The molecule has 0 saturated carbocycles. The van der Waals surface area contributed by atoms with Gasteiger partial charge >= 0.3 is 0 Å². The monoisotopic (exact) mass is 336 g/mol. The summed E-state index contributed by atoms with van der Waals surface area (Å²) < 4.78 is 13.6. The molecule has 0 amide bonds. The molecule has 1 aliphatic carbocycles. The molecule has 0 N–H and O–H groups in total. The molecule has 2 aromatic carbocycles. The SMILES string of the molecule is CC1=CCC(CCc2ccc(CCc3ccc(C)c(F)c3)cc2)CC1. The predicted molar refractivity (Wildman–Crippen MR) is 104 cm³/mol. The van der Waals surface area contributed by atoms with Gasteiger partial charge in [0.25, 0.3) is 0 Å². The Kier molecular flexibility index (Phi) is 6.07. The van der Waals surface area contributed by atoms with Crippen LogP contribution in [-0.2, 0) is 19.3 Å². The highest BCUT2D eigenvalue weighted by atomic mass is 19.1. The zero-order chi connectivity index (χ0) is 17.6. The van der Waals surface area contributed by atoms with Crippen molar-refractivity contribution < 1.29 is 4.39 Å². The minimum atomic E-state index is -0.0967. The van der Waals surface area contributed by atoms with Gasteiger partial charge in [-0.1, -0.05) is 48.0 Å². The van der Waals surface area contributed by atoms with E-state index in [2.05, 4.69) is 37.3 Å². The zero-order valence-corrected chi connectivity index (χ0v) is 15.5. The quantitative estimate of drug-likeness (QED) is 0.521. The normalized spacial score (nSPS) is 17.4. The summed E-state index contributed by atoms with van der Waals surface area (Å²) in [5, 5.41) is 0. The van der Waals surface area contributed by atoms with Crippen LogP contribution >= 0.6 is 0 Å². The van der Waals surface area contributed by atoms with Crippen LogP contribution in [0.1, 0.15) is 54.9 Å². The highest BCUT2D eigenvalue weighted by molar-refractivity contribution is 5.26. The van der Waals surface area contributed by atoms with Crippen molar-refractivity contribution in [3.63, 3.8) is 0 Å². The zero-order valence-electron chi connectivity index (χ0n) is 15.5. The van der Waals surface area contributed by atoms with Crippen molar-refractivity contribution >= 4 is 0 Å². The molecular weight excluding hydrogens is 307 g/mol. The number of benzene rings is 2. The minimum Gasteiger partial charge on any atom is -0.207 e. The number of hydrogen-bond donors (Lipinski definition) is 0. The van der Waals surface area contributed by atoms with Gasteiger partial charge in [-0.25, -0.2) is 4.39 Å². The molecule has 0 heterocycles. The second-order valence-electron chi connectivity index (χ2n) is 7.63. The highest BCUT2D eigenvalue weighted by Crippen LogP contribution is 2.27. The lowest BCUT2D eigenvalue weighted by atomic mass is 9.86. The van der Waals surface area contributed by atoms with Crippen molar-refractivity contribution in [2.24, 2.45) is 5.92 Å². The Morgan fingerprint density at radius 1 is 0.880 bits per heavy atom. The van der Waals surface area contributed by atoms with Crippen LogP contribution in [0.4, 0.5) is 4.39 Å². The molecule has 1 aliphatic rings. The molecule has 0 fully saturated rings. The molecule has 0 saturated heterocycles. The number of allylic oxidation sites excluding steroid dienone is 2. The summed E-state index contributed by atoms with van der Waals surface area (Å²) in [7, 11) is 0. The number of aryl methyl sites for hydroxylation is 4.